The monoisotopic (exact) mass is 430 g/mol. The summed E-state index contributed by atoms with van der Waals surface area (Å²) in [7, 11) is 1.60. The lowest BCUT2D eigenvalue weighted by atomic mass is 10.1. The number of nitrogens with zero attached hydrogens (tertiary/aromatic N) is 1. The fourth-order valence-electron chi connectivity index (χ4n) is 2.54. The molecule has 0 aliphatic heterocycles. The van der Waals surface area contributed by atoms with Gasteiger partial charge in [-0.3, -0.25) is 0 Å². The van der Waals surface area contributed by atoms with Gasteiger partial charge < -0.3 is 15.2 Å². The lowest BCUT2D eigenvalue weighted by Crippen LogP contribution is -2.04. The van der Waals surface area contributed by atoms with E-state index in [9.17, 15) is 9.18 Å². The Balaban J connectivity index is 1.95. The van der Waals surface area contributed by atoms with E-state index < -0.39 is 11.8 Å². The predicted molar refractivity (Wildman–Crippen MR) is 106 cm³/mol. The smallest absolute Gasteiger partial charge is 0.328 e. The van der Waals surface area contributed by atoms with Crippen molar-refractivity contribution in [2.45, 2.75) is 6.54 Å². The molecule has 0 aliphatic rings. The third-order valence-electron chi connectivity index (χ3n) is 3.91. The molecular formula is C20H16BrFN2O3. The summed E-state index contributed by atoms with van der Waals surface area (Å²) in [6.07, 6.45) is 2.50. The molecule has 0 spiro atoms. The number of pyridine rings is 1. The molecule has 0 saturated heterocycles. The standard InChI is InChI=1S/C20H16BrFN2O3/c1-27-15-5-2-12(3-6-15)11-23-20-13(4-7-19(25)26)8-14-9-16(21)17(22)10-18(14)24-20/h2-10H,11H2,1H3,(H,23,24)(H,25,26)/b7-4+. The van der Waals surface area contributed by atoms with Crippen LogP contribution in [0, 0.1) is 5.82 Å². The number of ether oxygens (including phenoxy) is 1. The first-order chi connectivity index (χ1) is 13.0. The van der Waals surface area contributed by atoms with Gasteiger partial charge in [-0.2, -0.15) is 0 Å². The molecule has 2 N–H and O–H groups in total. The van der Waals surface area contributed by atoms with Crippen molar-refractivity contribution in [3.63, 3.8) is 0 Å². The molecule has 3 rings (SSSR count). The van der Waals surface area contributed by atoms with Gasteiger partial charge in [-0.25, -0.2) is 14.2 Å². The molecule has 7 heteroatoms. The zero-order valence-corrected chi connectivity index (χ0v) is 16.0. The summed E-state index contributed by atoms with van der Waals surface area (Å²) < 4.78 is 19.3. The van der Waals surface area contributed by atoms with Crippen LogP contribution >= 0.6 is 15.9 Å². The average molecular weight is 431 g/mol. The molecule has 27 heavy (non-hydrogen) atoms. The van der Waals surface area contributed by atoms with Gasteiger partial charge in [0.25, 0.3) is 0 Å². The molecule has 0 aliphatic carbocycles. The quantitative estimate of drug-likeness (QED) is 0.546. The van der Waals surface area contributed by atoms with Crippen molar-refractivity contribution in [1.82, 2.24) is 4.98 Å². The summed E-state index contributed by atoms with van der Waals surface area (Å²) >= 11 is 3.15. The highest BCUT2D eigenvalue weighted by Crippen LogP contribution is 2.27. The molecule has 1 heterocycles. The van der Waals surface area contributed by atoms with Crippen molar-refractivity contribution in [3.05, 3.63) is 70.0 Å². The number of anilines is 1. The second kappa shape index (κ2) is 8.18. The Hall–Kier alpha value is -2.93. The first-order valence-electron chi connectivity index (χ1n) is 8.04. The predicted octanol–water partition coefficient (Wildman–Crippen LogP) is 4.85. The van der Waals surface area contributed by atoms with Gasteiger partial charge in [0, 0.05) is 29.6 Å². The highest BCUT2D eigenvalue weighted by Gasteiger charge is 2.09. The van der Waals surface area contributed by atoms with E-state index in [-0.39, 0.29) is 0 Å². The SMILES string of the molecule is COc1ccc(CNc2nc3cc(F)c(Br)cc3cc2/C=C/C(=O)O)cc1. The Morgan fingerprint density at radius 1 is 1.30 bits per heavy atom. The maximum Gasteiger partial charge on any atom is 0.328 e. The third kappa shape index (κ3) is 4.62. The van der Waals surface area contributed by atoms with E-state index in [0.717, 1.165) is 17.4 Å². The van der Waals surface area contributed by atoms with E-state index >= 15 is 0 Å². The molecule has 1 aromatic heterocycles. The molecule has 0 amide bonds. The number of hydrogen-bond donors (Lipinski definition) is 2. The van der Waals surface area contributed by atoms with Gasteiger partial charge >= 0.3 is 5.97 Å². The fraction of sp³-hybridized carbons (Fsp3) is 0.100. The number of hydrogen-bond acceptors (Lipinski definition) is 4. The molecule has 0 atom stereocenters. The third-order valence-corrected chi connectivity index (χ3v) is 4.52. The molecule has 0 bridgehead atoms. The van der Waals surface area contributed by atoms with Crippen LogP contribution in [0.25, 0.3) is 17.0 Å². The van der Waals surface area contributed by atoms with Crippen molar-refractivity contribution < 1.29 is 19.0 Å². The molecule has 0 fully saturated rings. The van der Waals surface area contributed by atoms with Crippen LogP contribution in [0.2, 0.25) is 0 Å². The first-order valence-corrected chi connectivity index (χ1v) is 8.83. The Bertz CT molecular complexity index is 1020. The van der Waals surface area contributed by atoms with Crippen LogP contribution in [-0.4, -0.2) is 23.2 Å². The minimum absolute atomic E-state index is 0.323. The summed E-state index contributed by atoms with van der Waals surface area (Å²) in [6, 6.07) is 12.2. The average Bonchev–Trinajstić information content (AvgIpc) is 2.66. The number of methoxy groups -OCH3 is 1. The Kier molecular flexibility index (Phi) is 5.71. The molecule has 5 nitrogen and oxygen atoms in total. The highest BCUT2D eigenvalue weighted by atomic mass is 79.9. The maximum atomic E-state index is 13.8. The van der Waals surface area contributed by atoms with Gasteiger partial charge in [0.05, 0.1) is 17.1 Å². The summed E-state index contributed by atoms with van der Waals surface area (Å²) in [6.45, 7) is 0.468. The summed E-state index contributed by atoms with van der Waals surface area (Å²) in [5, 5.41) is 12.8. The number of halogens is 2. The zero-order valence-electron chi connectivity index (χ0n) is 14.4. The van der Waals surface area contributed by atoms with Gasteiger partial charge in [0.1, 0.15) is 17.4 Å². The largest absolute Gasteiger partial charge is 0.497 e. The van der Waals surface area contributed by atoms with Crippen LogP contribution < -0.4 is 10.1 Å². The Morgan fingerprint density at radius 2 is 2.04 bits per heavy atom. The summed E-state index contributed by atoms with van der Waals surface area (Å²) in [4.78, 5) is 15.4. The van der Waals surface area contributed by atoms with E-state index in [0.29, 0.717) is 33.3 Å². The number of aromatic nitrogens is 1. The van der Waals surface area contributed by atoms with Crippen LogP contribution in [-0.2, 0) is 11.3 Å². The number of aliphatic carboxylic acids is 1. The summed E-state index contributed by atoms with van der Waals surface area (Å²) in [5.41, 5.74) is 2.06. The highest BCUT2D eigenvalue weighted by molar-refractivity contribution is 9.10. The van der Waals surface area contributed by atoms with Gasteiger partial charge in [-0.1, -0.05) is 12.1 Å². The first kappa shape index (κ1) is 18.8. The topological polar surface area (TPSA) is 71.5 Å². The normalized spacial score (nSPS) is 11.1. The number of nitrogens with one attached hydrogen (secondary N) is 1. The van der Waals surface area contributed by atoms with Gasteiger partial charge in [-0.15, -0.1) is 0 Å². The number of carbonyl (C=O) groups is 1. The fourth-order valence-corrected chi connectivity index (χ4v) is 2.91. The van der Waals surface area contributed by atoms with Crippen LogP contribution in [0.15, 0.2) is 53.0 Å². The van der Waals surface area contributed by atoms with Crippen molar-refractivity contribution in [2.75, 3.05) is 12.4 Å². The van der Waals surface area contributed by atoms with E-state index in [4.69, 9.17) is 9.84 Å². The lowest BCUT2D eigenvalue weighted by Gasteiger charge is -2.11. The van der Waals surface area contributed by atoms with Crippen molar-refractivity contribution in [3.8, 4) is 5.75 Å². The molecule has 2 aromatic carbocycles. The van der Waals surface area contributed by atoms with E-state index in [2.05, 4.69) is 26.2 Å². The number of carboxylic acids is 1. The van der Waals surface area contributed by atoms with Gasteiger partial charge in [-0.05, 0) is 51.8 Å². The van der Waals surface area contributed by atoms with Crippen LogP contribution in [0.4, 0.5) is 10.2 Å². The number of benzene rings is 2. The van der Waals surface area contributed by atoms with E-state index in [1.807, 2.05) is 24.3 Å². The Morgan fingerprint density at radius 3 is 2.70 bits per heavy atom. The molecule has 0 radical (unpaired) electrons. The molecule has 0 saturated carbocycles. The number of fused-ring (bicyclic) bond motifs is 1. The summed E-state index contributed by atoms with van der Waals surface area (Å²) in [5.74, 6) is -0.243. The zero-order chi connectivity index (χ0) is 19.4. The van der Waals surface area contributed by atoms with Crippen LogP contribution in [0.1, 0.15) is 11.1 Å². The maximum absolute atomic E-state index is 13.8. The van der Waals surface area contributed by atoms with Crippen LogP contribution in [0.3, 0.4) is 0 Å². The molecular weight excluding hydrogens is 415 g/mol. The van der Waals surface area contributed by atoms with Crippen LogP contribution in [0.5, 0.6) is 5.75 Å². The minimum atomic E-state index is -1.06. The second-order valence-corrected chi connectivity index (χ2v) is 6.61. The second-order valence-electron chi connectivity index (χ2n) is 5.76. The molecule has 0 unspecified atom stereocenters. The van der Waals surface area contributed by atoms with Crippen molar-refractivity contribution in [2.24, 2.45) is 0 Å². The van der Waals surface area contributed by atoms with Crippen molar-refractivity contribution >= 4 is 44.7 Å². The number of carboxylic acid groups (broad SMARTS) is 1. The van der Waals surface area contributed by atoms with Gasteiger partial charge in [0.2, 0.25) is 0 Å². The lowest BCUT2D eigenvalue weighted by molar-refractivity contribution is -0.131. The minimum Gasteiger partial charge on any atom is -0.497 e. The number of rotatable bonds is 6. The van der Waals surface area contributed by atoms with E-state index in [1.54, 1.807) is 19.2 Å². The molecule has 138 valence electrons. The van der Waals surface area contributed by atoms with E-state index in [1.165, 1.54) is 12.1 Å². The van der Waals surface area contributed by atoms with Crippen molar-refractivity contribution in [1.29, 1.82) is 0 Å². The van der Waals surface area contributed by atoms with Gasteiger partial charge in [0.15, 0.2) is 0 Å². The molecule has 3 aromatic rings. The Labute approximate surface area is 163 Å².